The molecule has 0 saturated heterocycles. The van der Waals surface area contributed by atoms with Crippen LogP contribution in [0.5, 0.6) is 5.75 Å². The summed E-state index contributed by atoms with van der Waals surface area (Å²) in [5.74, 6) is 0.828. The maximum absolute atomic E-state index is 13.3. The molecule has 33 heavy (non-hydrogen) atoms. The van der Waals surface area contributed by atoms with Crippen LogP contribution in [0.3, 0.4) is 0 Å². The molecule has 0 radical (unpaired) electrons. The predicted octanol–water partition coefficient (Wildman–Crippen LogP) is 3.74. The first-order valence-corrected chi connectivity index (χ1v) is 12.1. The molecule has 8 nitrogen and oxygen atoms in total. The van der Waals surface area contributed by atoms with Gasteiger partial charge in [-0.2, -0.15) is 4.31 Å². The lowest BCUT2D eigenvalue weighted by Crippen LogP contribution is -2.33. The molecule has 3 aromatic rings. The van der Waals surface area contributed by atoms with E-state index in [0.717, 1.165) is 22.4 Å². The SMILES string of the molecule is CC(=O)N(Cc1ccc2c(c1)CN(S(=O)(=O)c1c(C)noc1C)CCO2)c1ccc(C)cc1. The number of carbonyl (C=O) groups is 1. The van der Waals surface area contributed by atoms with Crippen molar-refractivity contribution in [2.75, 3.05) is 18.1 Å². The van der Waals surface area contributed by atoms with Crippen LogP contribution in [0.15, 0.2) is 51.9 Å². The lowest BCUT2D eigenvalue weighted by Gasteiger charge is -2.23. The Morgan fingerprint density at radius 2 is 1.85 bits per heavy atom. The molecular formula is C24H27N3O5S. The molecule has 1 aliphatic heterocycles. The van der Waals surface area contributed by atoms with E-state index in [1.165, 1.54) is 11.2 Å². The van der Waals surface area contributed by atoms with Gasteiger partial charge >= 0.3 is 0 Å². The van der Waals surface area contributed by atoms with Crippen molar-refractivity contribution in [1.29, 1.82) is 0 Å². The highest BCUT2D eigenvalue weighted by Crippen LogP contribution is 2.30. The first kappa shape index (κ1) is 23.0. The van der Waals surface area contributed by atoms with Crippen LogP contribution in [-0.4, -0.2) is 36.9 Å². The number of ether oxygens (including phenoxy) is 1. The van der Waals surface area contributed by atoms with Crippen molar-refractivity contribution in [2.45, 2.75) is 45.7 Å². The zero-order chi connectivity index (χ0) is 23.8. The Morgan fingerprint density at radius 3 is 2.48 bits per heavy atom. The van der Waals surface area contributed by atoms with Crippen LogP contribution in [0.1, 0.15) is 35.1 Å². The maximum atomic E-state index is 13.3. The molecule has 0 N–H and O–H groups in total. The first-order valence-electron chi connectivity index (χ1n) is 10.7. The second-order valence-corrected chi connectivity index (χ2v) is 10.1. The van der Waals surface area contributed by atoms with Crippen molar-refractivity contribution in [3.8, 4) is 5.75 Å². The molecule has 0 spiro atoms. The van der Waals surface area contributed by atoms with Crippen LogP contribution >= 0.6 is 0 Å². The molecule has 0 bridgehead atoms. The van der Waals surface area contributed by atoms with Gasteiger partial charge in [0.15, 0.2) is 5.76 Å². The number of fused-ring (bicyclic) bond motifs is 1. The molecule has 2 heterocycles. The molecule has 0 saturated carbocycles. The number of sulfonamides is 1. The number of amides is 1. The molecule has 174 valence electrons. The fourth-order valence-corrected chi connectivity index (χ4v) is 5.68. The van der Waals surface area contributed by atoms with Gasteiger partial charge < -0.3 is 14.2 Å². The lowest BCUT2D eigenvalue weighted by atomic mass is 10.1. The number of nitrogens with zero attached hydrogens (tertiary/aromatic N) is 3. The smallest absolute Gasteiger partial charge is 0.248 e. The largest absolute Gasteiger partial charge is 0.492 e. The normalized spacial score (nSPS) is 14.3. The van der Waals surface area contributed by atoms with Gasteiger partial charge in [-0.25, -0.2) is 8.42 Å². The Balaban J connectivity index is 1.63. The fourth-order valence-electron chi connectivity index (χ4n) is 3.99. The summed E-state index contributed by atoms with van der Waals surface area (Å²) in [4.78, 5) is 14.1. The standard InChI is InChI=1S/C24H27N3O5S/c1-16-5-8-22(9-6-16)27(19(4)28)14-20-7-10-23-21(13-20)15-26(11-12-31-23)33(29,30)24-17(2)25-32-18(24)3/h5-10,13H,11-12,14-15H2,1-4H3. The number of carbonyl (C=O) groups excluding carboxylic acids is 1. The van der Waals surface area contributed by atoms with Crippen molar-refractivity contribution < 1.29 is 22.5 Å². The van der Waals surface area contributed by atoms with Gasteiger partial charge in [-0.1, -0.05) is 28.9 Å². The van der Waals surface area contributed by atoms with Crippen molar-refractivity contribution in [1.82, 2.24) is 9.46 Å². The van der Waals surface area contributed by atoms with Crippen LogP contribution in [0.4, 0.5) is 5.69 Å². The zero-order valence-corrected chi connectivity index (χ0v) is 20.0. The molecular weight excluding hydrogens is 442 g/mol. The summed E-state index contributed by atoms with van der Waals surface area (Å²) in [7, 11) is -3.81. The highest BCUT2D eigenvalue weighted by Gasteiger charge is 2.33. The van der Waals surface area contributed by atoms with Crippen molar-refractivity contribution in [2.24, 2.45) is 0 Å². The molecule has 0 fully saturated rings. The van der Waals surface area contributed by atoms with E-state index in [-0.39, 0.29) is 36.3 Å². The van der Waals surface area contributed by atoms with Gasteiger partial charge in [0.2, 0.25) is 15.9 Å². The number of hydrogen-bond donors (Lipinski definition) is 0. The summed E-state index contributed by atoms with van der Waals surface area (Å²) in [6.45, 7) is 7.70. The van der Waals surface area contributed by atoms with E-state index in [0.29, 0.717) is 18.0 Å². The second kappa shape index (κ2) is 8.99. The van der Waals surface area contributed by atoms with Gasteiger partial charge in [0.05, 0.1) is 6.54 Å². The maximum Gasteiger partial charge on any atom is 0.248 e. The number of aromatic nitrogens is 1. The van der Waals surface area contributed by atoms with E-state index in [1.807, 2.05) is 49.4 Å². The minimum Gasteiger partial charge on any atom is -0.492 e. The number of rotatable bonds is 5. The van der Waals surface area contributed by atoms with Crippen LogP contribution in [0.25, 0.3) is 0 Å². The molecule has 0 atom stereocenters. The highest BCUT2D eigenvalue weighted by atomic mass is 32.2. The average Bonchev–Trinajstić information content (AvgIpc) is 2.97. The number of benzene rings is 2. The molecule has 9 heteroatoms. The molecule has 0 aliphatic carbocycles. The third kappa shape index (κ3) is 4.65. The summed E-state index contributed by atoms with van der Waals surface area (Å²) in [6.07, 6.45) is 0. The van der Waals surface area contributed by atoms with Gasteiger partial charge in [-0.3, -0.25) is 4.79 Å². The van der Waals surface area contributed by atoms with Crippen LogP contribution in [0, 0.1) is 20.8 Å². The number of aryl methyl sites for hydroxylation is 3. The van der Waals surface area contributed by atoms with Gasteiger partial charge in [-0.05, 0) is 50.6 Å². The van der Waals surface area contributed by atoms with Gasteiger partial charge in [0.25, 0.3) is 0 Å². The number of hydrogen-bond acceptors (Lipinski definition) is 6. The summed E-state index contributed by atoms with van der Waals surface area (Å²) in [5, 5.41) is 3.79. The van der Waals surface area contributed by atoms with E-state index in [9.17, 15) is 13.2 Å². The molecule has 1 aliphatic rings. The summed E-state index contributed by atoms with van der Waals surface area (Å²) in [6, 6.07) is 13.4. The minimum absolute atomic E-state index is 0.0762. The summed E-state index contributed by atoms with van der Waals surface area (Å²) < 4.78 is 39.0. The first-order chi connectivity index (χ1) is 15.7. The lowest BCUT2D eigenvalue weighted by molar-refractivity contribution is -0.116. The Labute approximate surface area is 193 Å². The Hall–Kier alpha value is -3.17. The Kier molecular flexibility index (Phi) is 6.27. The predicted molar refractivity (Wildman–Crippen MR) is 124 cm³/mol. The van der Waals surface area contributed by atoms with Gasteiger partial charge in [-0.15, -0.1) is 0 Å². The zero-order valence-electron chi connectivity index (χ0n) is 19.2. The molecule has 0 unspecified atom stereocenters. The topological polar surface area (TPSA) is 93.0 Å². The third-order valence-electron chi connectivity index (χ3n) is 5.70. The summed E-state index contributed by atoms with van der Waals surface area (Å²) >= 11 is 0. The van der Waals surface area contributed by atoms with E-state index in [2.05, 4.69) is 5.16 Å². The van der Waals surface area contributed by atoms with Gasteiger partial charge in [0, 0.05) is 31.3 Å². The van der Waals surface area contributed by atoms with Crippen molar-refractivity contribution in [3.05, 3.63) is 70.6 Å². The third-order valence-corrected chi connectivity index (χ3v) is 7.79. The van der Waals surface area contributed by atoms with Gasteiger partial charge in [0.1, 0.15) is 22.9 Å². The Bertz CT molecular complexity index is 1260. The molecule has 4 rings (SSSR count). The molecule has 2 aromatic carbocycles. The van der Waals surface area contributed by atoms with E-state index in [4.69, 9.17) is 9.26 Å². The highest BCUT2D eigenvalue weighted by molar-refractivity contribution is 7.89. The molecule has 1 amide bonds. The van der Waals surface area contributed by atoms with Crippen LogP contribution < -0.4 is 9.64 Å². The van der Waals surface area contributed by atoms with Crippen LogP contribution in [-0.2, 0) is 27.9 Å². The quantitative estimate of drug-likeness (QED) is 0.565. The molecule has 1 aromatic heterocycles. The van der Waals surface area contributed by atoms with E-state index < -0.39 is 10.0 Å². The second-order valence-electron chi connectivity index (χ2n) is 8.22. The van der Waals surface area contributed by atoms with E-state index in [1.54, 1.807) is 18.7 Å². The number of anilines is 1. The minimum atomic E-state index is -3.81. The van der Waals surface area contributed by atoms with E-state index >= 15 is 0 Å². The Morgan fingerprint density at radius 1 is 1.12 bits per heavy atom. The monoisotopic (exact) mass is 469 g/mol. The van der Waals surface area contributed by atoms with Crippen molar-refractivity contribution in [3.63, 3.8) is 0 Å². The average molecular weight is 470 g/mol. The van der Waals surface area contributed by atoms with Crippen molar-refractivity contribution >= 4 is 21.6 Å². The van der Waals surface area contributed by atoms with Crippen LogP contribution in [0.2, 0.25) is 0 Å². The summed E-state index contributed by atoms with van der Waals surface area (Å²) in [5.41, 5.74) is 3.88. The fraction of sp³-hybridized carbons (Fsp3) is 0.333.